The zero-order chi connectivity index (χ0) is 29.4. The molecule has 0 heterocycles. The topological polar surface area (TPSA) is 87.7 Å². The fourth-order valence-electron chi connectivity index (χ4n) is 4.60. The van der Waals surface area contributed by atoms with Crippen LogP contribution in [0.4, 0.5) is 0 Å². The third-order valence-corrected chi connectivity index (χ3v) is 7.03. The molecule has 1 aromatic rings. The SMILES string of the molecule is C=Cc1cccc(C(C)(C)C(NC)C(=O)N[C@H](C(=O)N(C)[C@H](/C=C(\C)C(=O)OCC)C(C)C)C(C)(C)C)c1. The number of likely N-dealkylation sites (N-methyl/N-ethyl adjacent to an activating group) is 2. The molecule has 0 aliphatic carbocycles. The third kappa shape index (κ3) is 8.29. The second kappa shape index (κ2) is 13.7. The minimum absolute atomic E-state index is 0.0331. The van der Waals surface area contributed by atoms with Crippen LogP contribution >= 0.6 is 0 Å². The number of carbonyl (C=O) groups is 3. The molecule has 1 unspecified atom stereocenters. The van der Waals surface area contributed by atoms with E-state index >= 15 is 0 Å². The highest BCUT2D eigenvalue weighted by Crippen LogP contribution is 2.30. The van der Waals surface area contributed by atoms with Crippen LogP contribution in [0.3, 0.4) is 0 Å². The predicted octanol–water partition coefficient (Wildman–Crippen LogP) is 4.72. The highest BCUT2D eigenvalue weighted by Gasteiger charge is 2.41. The van der Waals surface area contributed by atoms with E-state index in [1.54, 1.807) is 45.0 Å². The summed E-state index contributed by atoms with van der Waals surface area (Å²) in [6, 6.07) is 6.20. The molecular formula is C31H49N3O4. The smallest absolute Gasteiger partial charge is 0.333 e. The summed E-state index contributed by atoms with van der Waals surface area (Å²) in [6.45, 7) is 21.4. The van der Waals surface area contributed by atoms with E-state index in [1.165, 1.54) is 0 Å². The number of esters is 1. The molecule has 38 heavy (non-hydrogen) atoms. The molecule has 0 fully saturated rings. The first-order valence-electron chi connectivity index (χ1n) is 13.4. The zero-order valence-electron chi connectivity index (χ0n) is 25.3. The molecule has 212 valence electrons. The number of nitrogens with one attached hydrogen (secondary N) is 2. The highest BCUT2D eigenvalue weighted by molar-refractivity contribution is 5.92. The van der Waals surface area contributed by atoms with Crippen LogP contribution in [0.1, 0.15) is 73.4 Å². The molecule has 1 aromatic carbocycles. The lowest BCUT2D eigenvalue weighted by molar-refractivity contribution is -0.141. The number of nitrogens with zero attached hydrogens (tertiary/aromatic N) is 1. The van der Waals surface area contributed by atoms with E-state index in [9.17, 15) is 14.4 Å². The summed E-state index contributed by atoms with van der Waals surface area (Å²) in [5, 5.41) is 6.23. The van der Waals surface area contributed by atoms with Gasteiger partial charge in [0.1, 0.15) is 6.04 Å². The Morgan fingerprint density at radius 1 is 1.11 bits per heavy atom. The van der Waals surface area contributed by atoms with Gasteiger partial charge < -0.3 is 20.3 Å². The molecule has 1 rings (SSSR count). The zero-order valence-corrected chi connectivity index (χ0v) is 25.3. The van der Waals surface area contributed by atoms with Crippen molar-refractivity contribution >= 4 is 23.9 Å². The van der Waals surface area contributed by atoms with E-state index in [4.69, 9.17) is 4.74 Å². The quantitative estimate of drug-likeness (QED) is 0.303. The third-order valence-electron chi connectivity index (χ3n) is 7.03. The maximum atomic E-state index is 13.9. The maximum Gasteiger partial charge on any atom is 0.333 e. The van der Waals surface area contributed by atoms with Gasteiger partial charge in [-0.3, -0.25) is 9.59 Å². The summed E-state index contributed by atoms with van der Waals surface area (Å²) >= 11 is 0. The lowest BCUT2D eigenvalue weighted by Crippen LogP contribution is -2.61. The van der Waals surface area contributed by atoms with E-state index in [-0.39, 0.29) is 30.4 Å². The first kappa shape index (κ1) is 33.1. The van der Waals surface area contributed by atoms with E-state index in [0.29, 0.717) is 5.57 Å². The van der Waals surface area contributed by atoms with Gasteiger partial charge in [-0.15, -0.1) is 0 Å². The molecule has 0 spiro atoms. The standard InChI is InChI=1S/C31H49N3O4/c1-13-22-16-15-17-23(19-22)31(9,10)25(32-11)27(35)33-26(30(6,7)8)28(36)34(12)24(20(3)4)18-21(5)29(37)38-14-2/h13,15-20,24-26,32H,1,14H2,2-12H3,(H,33,35)/b21-18+/t24-,25?,26-/m1/s1. The number of amides is 2. The number of rotatable bonds is 12. The van der Waals surface area contributed by atoms with Crippen molar-refractivity contribution in [3.05, 3.63) is 53.6 Å². The summed E-state index contributed by atoms with van der Waals surface area (Å²) in [5.74, 6) is -0.855. The van der Waals surface area contributed by atoms with Crippen LogP contribution in [0.5, 0.6) is 0 Å². The summed E-state index contributed by atoms with van der Waals surface area (Å²) in [4.78, 5) is 41.5. The lowest BCUT2D eigenvalue weighted by atomic mass is 9.76. The second-order valence-corrected chi connectivity index (χ2v) is 11.8. The van der Waals surface area contributed by atoms with Crippen molar-refractivity contribution in [2.24, 2.45) is 11.3 Å². The Labute approximate surface area is 230 Å². The van der Waals surface area contributed by atoms with Crippen LogP contribution < -0.4 is 10.6 Å². The van der Waals surface area contributed by atoms with Gasteiger partial charge in [0.05, 0.1) is 18.7 Å². The molecule has 0 saturated carbocycles. The summed E-state index contributed by atoms with van der Waals surface area (Å²) in [5.41, 5.74) is 1.27. The van der Waals surface area contributed by atoms with Crippen molar-refractivity contribution in [1.82, 2.24) is 15.5 Å². The number of ether oxygens (including phenoxy) is 1. The van der Waals surface area contributed by atoms with Crippen LogP contribution in [0, 0.1) is 11.3 Å². The van der Waals surface area contributed by atoms with Gasteiger partial charge in [0, 0.05) is 18.0 Å². The molecule has 0 bridgehead atoms. The summed E-state index contributed by atoms with van der Waals surface area (Å²) < 4.78 is 5.12. The van der Waals surface area contributed by atoms with E-state index < -0.39 is 28.9 Å². The van der Waals surface area contributed by atoms with E-state index in [0.717, 1.165) is 11.1 Å². The van der Waals surface area contributed by atoms with Gasteiger partial charge >= 0.3 is 5.97 Å². The molecule has 7 heteroatoms. The number of carbonyl (C=O) groups excluding carboxylic acids is 3. The Morgan fingerprint density at radius 2 is 1.71 bits per heavy atom. The Hall–Kier alpha value is -2.93. The normalized spacial score (nSPS) is 14.9. The van der Waals surface area contributed by atoms with Crippen molar-refractivity contribution in [2.75, 3.05) is 20.7 Å². The number of hydrogen-bond donors (Lipinski definition) is 2. The Morgan fingerprint density at radius 3 is 2.18 bits per heavy atom. The van der Waals surface area contributed by atoms with Crippen molar-refractivity contribution in [2.45, 2.75) is 85.9 Å². The minimum atomic E-state index is -0.788. The van der Waals surface area contributed by atoms with Crippen molar-refractivity contribution in [3.63, 3.8) is 0 Å². The molecule has 0 aromatic heterocycles. The van der Waals surface area contributed by atoms with Gasteiger partial charge in [-0.1, -0.05) is 91.5 Å². The molecule has 0 aliphatic rings. The molecule has 0 aliphatic heterocycles. The van der Waals surface area contributed by atoms with Crippen LogP contribution in [0.25, 0.3) is 6.08 Å². The predicted molar refractivity (Wildman–Crippen MR) is 156 cm³/mol. The number of hydrogen-bond acceptors (Lipinski definition) is 5. The largest absolute Gasteiger partial charge is 0.463 e. The van der Waals surface area contributed by atoms with E-state index in [1.807, 2.05) is 72.7 Å². The summed E-state index contributed by atoms with van der Waals surface area (Å²) in [6.07, 6.45) is 3.55. The lowest BCUT2D eigenvalue weighted by Gasteiger charge is -2.40. The van der Waals surface area contributed by atoms with E-state index in [2.05, 4.69) is 17.2 Å². The van der Waals surface area contributed by atoms with Gasteiger partial charge in [0.2, 0.25) is 11.8 Å². The fraction of sp³-hybridized carbons (Fsp3) is 0.581. The molecule has 2 amide bonds. The van der Waals surface area contributed by atoms with Crippen LogP contribution in [0.2, 0.25) is 0 Å². The first-order chi connectivity index (χ1) is 17.5. The van der Waals surface area contributed by atoms with Gasteiger partial charge in [0.15, 0.2) is 0 Å². The summed E-state index contributed by atoms with van der Waals surface area (Å²) in [7, 11) is 3.47. The first-order valence-corrected chi connectivity index (χ1v) is 13.4. The van der Waals surface area contributed by atoms with Crippen molar-refractivity contribution < 1.29 is 19.1 Å². The molecular weight excluding hydrogens is 478 g/mol. The average molecular weight is 528 g/mol. The van der Waals surface area contributed by atoms with Crippen molar-refractivity contribution in [3.8, 4) is 0 Å². The average Bonchev–Trinajstić information content (AvgIpc) is 2.84. The monoisotopic (exact) mass is 527 g/mol. The fourth-order valence-corrected chi connectivity index (χ4v) is 4.60. The van der Waals surface area contributed by atoms with Gasteiger partial charge in [0.25, 0.3) is 0 Å². The molecule has 2 N–H and O–H groups in total. The molecule has 3 atom stereocenters. The van der Waals surface area contributed by atoms with Gasteiger partial charge in [-0.25, -0.2) is 4.79 Å². The minimum Gasteiger partial charge on any atom is -0.463 e. The number of benzene rings is 1. The van der Waals surface area contributed by atoms with Crippen molar-refractivity contribution in [1.29, 1.82) is 0 Å². The highest BCUT2D eigenvalue weighted by atomic mass is 16.5. The Kier molecular flexibility index (Phi) is 12.0. The molecule has 0 radical (unpaired) electrons. The van der Waals surface area contributed by atoms with Crippen LogP contribution in [-0.2, 0) is 24.5 Å². The van der Waals surface area contributed by atoms with Gasteiger partial charge in [-0.2, -0.15) is 0 Å². The maximum absolute atomic E-state index is 13.9. The molecule has 0 saturated heterocycles. The van der Waals surface area contributed by atoms with Crippen LogP contribution in [-0.4, -0.2) is 61.5 Å². The van der Waals surface area contributed by atoms with Crippen LogP contribution in [0.15, 0.2) is 42.5 Å². The second-order valence-electron chi connectivity index (χ2n) is 11.8. The Balaban J connectivity index is 3.34. The molecule has 7 nitrogen and oxygen atoms in total. The van der Waals surface area contributed by atoms with Gasteiger partial charge in [-0.05, 0) is 43.4 Å². The Bertz CT molecular complexity index is 1020.